The van der Waals surface area contributed by atoms with Crippen LogP contribution in [-0.4, -0.2) is 36.9 Å². The molecule has 0 bridgehead atoms. The molecule has 0 radical (unpaired) electrons. The number of esters is 2. The van der Waals surface area contributed by atoms with E-state index in [1.54, 1.807) is 6.92 Å². The van der Waals surface area contributed by atoms with E-state index in [0.717, 1.165) is 18.4 Å². The van der Waals surface area contributed by atoms with Crippen LogP contribution >= 0.6 is 0 Å². The van der Waals surface area contributed by atoms with Crippen molar-refractivity contribution in [3.63, 3.8) is 0 Å². The van der Waals surface area contributed by atoms with E-state index in [0.29, 0.717) is 23.8 Å². The molecule has 5 heteroatoms. The maximum Gasteiger partial charge on any atom is 0.335 e. The normalized spacial score (nSPS) is 17.2. The van der Waals surface area contributed by atoms with Gasteiger partial charge in [0.15, 0.2) is 0 Å². The summed E-state index contributed by atoms with van der Waals surface area (Å²) in [5.41, 5.74) is 10.5. The van der Waals surface area contributed by atoms with Gasteiger partial charge in [-0.2, -0.15) is 0 Å². The zero-order valence-electron chi connectivity index (χ0n) is 29.2. The Morgan fingerprint density at radius 3 is 2.27 bits per heavy atom. The maximum atomic E-state index is 12.1. The lowest BCUT2D eigenvalue weighted by Crippen LogP contribution is -2.22. The van der Waals surface area contributed by atoms with Crippen molar-refractivity contribution in [2.75, 3.05) is 19.8 Å². The summed E-state index contributed by atoms with van der Waals surface area (Å²) in [6, 6.07) is 13.4. The predicted molar refractivity (Wildman–Crippen MR) is 196 cm³/mol. The van der Waals surface area contributed by atoms with Crippen molar-refractivity contribution in [3.05, 3.63) is 125 Å². The smallest absolute Gasteiger partial charge is 0.335 e. The molecule has 0 amide bonds. The van der Waals surface area contributed by atoms with E-state index in [2.05, 4.69) is 107 Å². The number of carbonyl (C=O) groups is 2. The summed E-state index contributed by atoms with van der Waals surface area (Å²) in [4.78, 5) is 24.1. The molecule has 48 heavy (non-hydrogen) atoms. The molecular weight excluding hydrogens is 596 g/mol. The van der Waals surface area contributed by atoms with Gasteiger partial charge < -0.3 is 14.6 Å². The molecule has 0 aromatic heterocycles. The molecule has 2 aromatic rings. The first-order valence-electron chi connectivity index (χ1n) is 17.4. The van der Waals surface area contributed by atoms with E-state index in [9.17, 15) is 14.7 Å². The molecule has 2 aromatic carbocycles. The van der Waals surface area contributed by atoms with Gasteiger partial charge in [-0.25, -0.2) is 9.59 Å². The Balaban J connectivity index is 1.43. The fraction of sp³-hybridized carbons (Fsp3) is 0.395. The fourth-order valence-corrected chi connectivity index (χ4v) is 6.33. The minimum absolute atomic E-state index is 0.0101. The Kier molecular flexibility index (Phi) is 13.6. The van der Waals surface area contributed by atoms with E-state index < -0.39 is 18.5 Å². The summed E-state index contributed by atoms with van der Waals surface area (Å²) >= 11 is 0. The third-order valence-electron chi connectivity index (χ3n) is 9.29. The Morgan fingerprint density at radius 1 is 0.875 bits per heavy atom. The van der Waals surface area contributed by atoms with Gasteiger partial charge in [0.25, 0.3) is 0 Å². The third-order valence-corrected chi connectivity index (χ3v) is 9.29. The number of allylic oxidation sites excluding steroid dienone is 8. The van der Waals surface area contributed by atoms with E-state index in [1.165, 1.54) is 64.6 Å². The monoisotopic (exact) mass is 648 g/mol. The first kappa shape index (κ1) is 36.6. The van der Waals surface area contributed by atoms with Gasteiger partial charge in [-0.05, 0) is 84.9 Å². The quantitative estimate of drug-likeness (QED) is 0.105. The Bertz CT molecular complexity index is 1620. The first-order chi connectivity index (χ1) is 23.1. The summed E-state index contributed by atoms with van der Waals surface area (Å²) in [7, 11) is 0. The van der Waals surface area contributed by atoms with Crippen molar-refractivity contribution in [3.8, 4) is 11.1 Å². The lowest BCUT2D eigenvalue weighted by Gasteiger charge is -2.26. The Morgan fingerprint density at radius 2 is 1.58 bits per heavy atom. The number of carbonyl (C=O) groups excluding carboxylic acids is 2. The number of ether oxygens (including phenoxy) is 2. The lowest BCUT2D eigenvalue weighted by atomic mass is 9.78. The number of benzene rings is 2. The average Bonchev–Trinajstić information content (AvgIpc) is 3.10. The van der Waals surface area contributed by atoms with Crippen LogP contribution in [-0.2, 0) is 31.9 Å². The lowest BCUT2D eigenvalue weighted by molar-refractivity contribution is -0.144. The van der Waals surface area contributed by atoms with Gasteiger partial charge >= 0.3 is 11.9 Å². The van der Waals surface area contributed by atoms with Gasteiger partial charge in [0, 0.05) is 23.3 Å². The summed E-state index contributed by atoms with van der Waals surface area (Å²) in [6.45, 7) is 15.1. The van der Waals surface area contributed by atoms with Crippen LogP contribution in [0.15, 0.2) is 103 Å². The summed E-state index contributed by atoms with van der Waals surface area (Å²) < 4.78 is 10.7. The molecule has 0 aliphatic heterocycles. The van der Waals surface area contributed by atoms with Crippen LogP contribution in [0, 0.1) is 24.7 Å². The SMILES string of the molecule is C=C(C)C(=O)OCC(CCc1ccc(-c2ccc(C3=CC4C=CC(CCCCC)=CC4C=C3)c(CC)c2)c(C)c1)COC(=O)C(=C)CO. The second-order valence-electron chi connectivity index (χ2n) is 13.2. The van der Waals surface area contributed by atoms with Gasteiger partial charge in [0.2, 0.25) is 0 Å². The number of rotatable bonds is 17. The van der Waals surface area contributed by atoms with E-state index >= 15 is 0 Å². The van der Waals surface area contributed by atoms with Crippen LogP contribution in [0.25, 0.3) is 16.7 Å². The van der Waals surface area contributed by atoms with Crippen molar-refractivity contribution in [2.45, 2.75) is 72.6 Å². The largest absolute Gasteiger partial charge is 0.462 e. The molecule has 2 aliphatic rings. The number of aryl methyl sites for hydroxylation is 3. The molecule has 254 valence electrons. The molecule has 0 fully saturated rings. The summed E-state index contributed by atoms with van der Waals surface area (Å²) in [6.07, 6.45) is 21.6. The van der Waals surface area contributed by atoms with E-state index in [1.807, 2.05) is 0 Å². The number of aliphatic hydroxyl groups excluding tert-OH is 1. The molecular formula is C43H52O5. The van der Waals surface area contributed by atoms with E-state index in [4.69, 9.17) is 9.47 Å². The van der Waals surface area contributed by atoms with Crippen LogP contribution in [0.2, 0.25) is 0 Å². The van der Waals surface area contributed by atoms with Crippen molar-refractivity contribution < 1.29 is 24.2 Å². The zero-order valence-corrected chi connectivity index (χ0v) is 29.2. The van der Waals surface area contributed by atoms with Crippen LogP contribution in [0.3, 0.4) is 0 Å². The predicted octanol–water partition coefficient (Wildman–Crippen LogP) is 9.25. The average molecular weight is 649 g/mol. The van der Waals surface area contributed by atoms with E-state index in [-0.39, 0.29) is 24.7 Å². The molecule has 3 atom stereocenters. The molecule has 1 N–H and O–H groups in total. The van der Waals surface area contributed by atoms with Crippen molar-refractivity contribution in [1.29, 1.82) is 0 Å². The highest BCUT2D eigenvalue weighted by Crippen LogP contribution is 2.37. The number of hydrogen-bond donors (Lipinski definition) is 1. The van der Waals surface area contributed by atoms with Crippen molar-refractivity contribution in [1.82, 2.24) is 0 Å². The summed E-state index contributed by atoms with van der Waals surface area (Å²) in [5.74, 6) is -0.484. The number of fused-ring (bicyclic) bond motifs is 1. The van der Waals surface area contributed by atoms with Crippen molar-refractivity contribution >= 4 is 17.5 Å². The number of hydrogen-bond acceptors (Lipinski definition) is 5. The minimum atomic E-state index is -0.652. The summed E-state index contributed by atoms with van der Waals surface area (Å²) in [5, 5.41) is 9.18. The molecule has 0 saturated heterocycles. The zero-order chi connectivity index (χ0) is 34.6. The second-order valence-corrected chi connectivity index (χ2v) is 13.2. The highest BCUT2D eigenvalue weighted by atomic mass is 16.5. The Labute approximate surface area is 287 Å². The standard InChI is InChI=1S/C43H52O5/c1-7-9-10-11-32-14-16-37-25-39(18-17-36(37)23-32)41-21-19-38(24-35(41)8-2)40-20-15-33(22-30(40)5)12-13-34(27-47-42(45)29(3)4)28-48-43(46)31(6)26-44/h14-25,34,36-37,44H,3,6-13,26-28H2,1-2,4-5H3. The number of aliphatic hydroxyl groups is 1. The maximum absolute atomic E-state index is 12.1. The second kappa shape index (κ2) is 17.8. The van der Waals surface area contributed by atoms with Crippen LogP contribution in [0.1, 0.15) is 75.1 Å². The first-order valence-corrected chi connectivity index (χ1v) is 17.4. The Hall–Kier alpha value is -4.22. The van der Waals surface area contributed by atoms with Crippen LogP contribution in [0.5, 0.6) is 0 Å². The molecule has 0 spiro atoms. The van der Waals surface area contributed by atoms with Gasteiger partial charge in [0.05, 0.1) is 25.4 Å². The topological polar surface area (TPSA) is 72.8 Å². The minimum Gasteiger partial charge on any atom is -0.462 e. The molecule has 0 saturated carbocycles. The molecule has 5 nitrogen and oxygen atoms in total. The van der Waals surface area contributed by atoms with Gasteiger partial charge in [-0.1, -0.05) is 118 Å². The van der Waals surface area contributed by atoms with Gasteiger partial charge in [0.1, 0.15) is 0 Å². The highest BCUT2D eigenvalue weighted by Gasteiger charge is 2.22. The number of unbranched alkanes of at least 4 members (excludes halogenated alkanes) is 2. The van der Waals surface area contributed by atoms with Crippen LogP contribution in [0.4, 0.5) is 0 Å². The third kappa shape index (κ3) is 9.90. The molecule has 3 unspecified atom stereocenters. The fourth-order valence-electron chi connectivity index (χ4n) is 6.33. The molecule has 4 rings (SSSR count). The molecule has 0 heterocycles. The highest BCUT2D eigenvalue weighted by molar-refractivity contribution is 5.88. The van der Waals surface area contributed by atoms with Gasteiger partial charge in [-0.15, -0.1) is 0 Å². The van der Waals surface area contributed by atoms with Gasteiger partial charge in [-0.3, -0.25) is 0 Å². The van der Waals surface area contributed by atoms with Crippen molar-refractivity contribution in [2.24, 2.45) is 17.8 Å². The van der Waals surface area contributed by atoms with Crippen LogP contribution < -0.4 is 0 Å². The molecule has 2 aliphatic carbocycles.